The molecule has 0 amide bonds. The van der Waals surface area contributed by atoms with Crippen molar-refractivity contribution in [2.45, 2.75) is 19.4 Å². The molecule has 122 valence electrons. The number of anilines is 1. The first-order chi connectivity index (χ1) is 10.8. The third-order valence-corrected chi connectivity index (χ3v) is 4.44. The van der Waals surface area contributed by atoms with Crippen molar-refractivity contribution in [1.29, 1.82) is 0 Å². The summed E-state index contributed by atoms with van der Waals surface area (Å²) in [4.78, 5) is 10.7. The highest BCUT2D eigenvalue weighted by atomic mass is 79.9. The maximum absolute atomic E-state index is 10.7. The Morgan fingerprint density at radius 1 is 1.13 bits per heavy atom. The minimum absolute atomic E-state index is 0.0842. The van der Waals surface area contributed by atoms with Gasteiger partial charge in [-0.3, -0.25) is 4.79 Å². The zero-order valence-electron chi connectivity index (χ0n) is 12.0. The summed E-state index contributed by atoms with van der Waals surface area (Å²) in [6.45, 7) is 0.316. The quantitative estimate of drug-likeness (QED) is 0.589. The van der Waals surface area contributed by atoms with Gasteiger partial charge in [0, 0.05) is 17.1 Å². The molecule has 0 aromatic heterocycles. The summed E-state index contributed by atoms with van der Waals surface area (Å²) in [7, 11) is 0. The van der Waals surface area contributed by atoms with E-state index >= 15 is 0 Å². The predicted octanol–water partition coefficient (Wildman–Crippen LogP) is 5.04. The van der Waals surface area contributed by atoms with Crippen LogP contribution in [0.1, 0.15) is 17.5 Å². The van der Waals surface area contributed by atoms with E-state index in [1.165, 1.54) is 0 Å². The first-order valence-electron chi connectivity index (χ1n) is 6.72. The molecule has 0 bridgehead atoms. The molecule has 0 atom stereocenters. The second-order valence-corrected chi connectivity index (χ2v) is 7.11. The molecule has 0 unspecified atom stereocenters. The fourth-order valence-electron chi connectivity index (χ4n) is 2.06. The fraction of sp³-hybridized carbons (Fsp3) is 0.188. The maximum atomic E-state index is 10.7. The Morgan fingerprint density at radius 3 is 2.35 bits per heavy atom. The number of nitrogens with two attached hydrogens (primary N) is 1. The van der Waals surface area contributed by atoms with Crippen molar-refractivity contribution in [3.05, 3.63) is 55.4 Å². The lowest BCUT2D eigenvalue weighted by molar-refractivity contribution is -0.136. The van der Waals surface area contributed by atoms with Crippen molar-refractivity contribution < 1.29 is 14.6 Å². The molecule has 0 fully saturated rings. The van der Waals surface area contributed by atoms with Gasteiger partial charge in [0.15, 0.2) is 0 Å². The van der Waals surface area contributed by atoms with Crippen LogP contribution < -0.4 is 10.5 Å². The number of carbonyl (C=O) groups is 1. The minimum Gasteiger partial charge on any atom is -0.487 e. The van der Waals surface area contributed by atoms with Gasteiger partial charge in [0.1, 0.15) is 12.4 Å². The summed E-state index contributed by atoms with van der Waals surface area (Å²) in [5.74, 6) is -0.182. The monoisotopic (exact) mass is 461 g/mol. The minimum atomic E-state index is -0.823. The van der Waals surface area contributed by atoms with Crippen LogP contribution in [-0.4, -0.2) is 11.1 Å². The van der Waals surface area contributed by atoms with Crippen molar-refractivity contribution >= 4 is 55.1 Å². The molecule has 4 nitrogen and oxygen atoms in total. The van der Waals surface area contributed by atoms with Gasteiger partial charge in [-0.1, -0.05) is 11.6 Å². The normalized spacial score (nSPS) is 10.6. The molecule has 7 heteroatoms. The molecule has 0 aliphatic rings. The summed E-state index contributed by atoms with van der Waals surface area (Å²) in [5.41, 5.74) is 8.11. The lowest BCUT2D eigenvalue weighted by atomic mass is 10.1. The second kappa shape index (κ2) is 8.04. The Kier molecular flexibility index (Phi) is 6.33. The molecular weight excluding hydrogens is 449 g/mol. The van der Waals surface area contributed by atoms with Crippen LogP contribution in [0.15, 0.2) is 39.3 Å². The number of rotatable bonds is 6. The molecule has 2 rings (SSSR count). The molecular formula is C16H14Br2ClNO3. The van der Waals surface area contributed by atoms with Gasteiger partial charge < -0.3 is 15.6 Å². The first kappa shape index (κ1) is 18.1. The highest BCUT2D eigenvalue weighted by Crippen LogP contribution is 2.36. The molecule has 0 spiro atoms. The van der Waals surface area contributed by atoms with Crippen LogP contribution >= 0.6 is 43.5 Å². The van der Waals surface area contributed by atoms with Gasteiger partial charge in [-0.25, -0.2) is 0 Å². The standard InChI is InChI=1S/C16H14Br2ClNO3/c17-13-5-9(1-2-15(21)22)6-14(18)16(13)23-8-10-3-11(19)7-12(20)4-10/h3-7H,1-2,8,20H2,(H,21,22). The van der Waals surface area contributed by atoms with E-state index in [4.69, 9.17) is 27.2 Å². The van der Waals surface area contributed by atoms with Crippen LogP contribution in [0.3, 0.4) is 0 Å². The van der Waals surface area contributed by atoms with E-state index in [9.17, 15) is 4.79 Å². The molecule has 0 heterocycles. The van der Waals surface area contributed by atoms with Gasteiger partial charge in [0.25, 0.3) is 0 Å². The average Bonchev–Trinajstić information content (AvgIpc) is 2.43. The third kappa shape index (κ3) is 5.41. The van der Waals surface area contributed by atoms with E-state index in [-0.39, 0.29) is 6.42 Å². The van der Waals surface area contributed by atoms with Crippen LogP contribution in [0.4, 0.5) is 5.69 Å². The van der Waals surface area contributed by atoms with Crippen LogP contribution in [0, 0.1) is 0 Å². The van der Waals surface area contributed by atoms with Gasteiger partial charge in [-0.15, -0.1) is 0 Å². The van der Waals surface area contributed by atoms with Crippen molar-refractivity contribution in [2.24, 2.45) is 0 Å². The van der Waals surface area contributed by atoms with Crippen LogP contribution in [0.5, 0.6) is 5.75 Å². The van der Waals surface area contributed by atoms with Crippen molar-refractivity contribution in [3.8, 4) is 5.75 Å². The van der Waals surface area contributed by atoms with E-state index in [1.54, 1.807) is 18.2 Å². The highest BCUT2D eigenvalue weighted by Gasteiger charge is 2.11. The zero-order valence-corrected chi connectivity index (χ0v) is 15.9. The largest absolute Gasteiger partial charge is 0.487 e. The van der Waals surface area contributed by atoms with E-state index < -0.39 is 5.97 Å². The number of benzene rings is 2. The summed E-state index contributed by atoms with van der Waals surface area (Å²) in [6, 6.07) is 8.98. The molecule has 2 aromatic carbocycles. The Labute approximate surface area is 155 Å². The number of hydrogen-bond acceptors (Lipinski definition) is 3. The molecule has 0 aliphatic heterocycles. The molecule has 3 N–H and O–H groups in total. The van der Waals surface area contributed by atoms with Crippen LogP contribution in [0.2, 0.25) is 5.02 Å². The van der Waals surface area contributed by atoms with Crippen molar-refractivity contribution in [1.82, 2.24) is 0 Å². The predicted molar refractivity (Wildman–Crippen MR) is 98.0 cm³/mol. The molecule has 0 saturated carbocycles. The molecule has 2 aromatic rings. The molecule has 0 saturated heterocycles. The van der Waals surface area contributed by atoms with Crippen molar-refractivity contribution in [3.63, 3.8) is 0 Å². The third-order valence-electron chi connectivity index (χ3n) is 3.05. The number of nitrogen functional groups attached to an aromatic ring is 1. The Hall–Kier alpha value is -1.24. The van der Waals surface area contributed by atoms with E-state index in [2.05, 4.69) is 31.9 Å². The van der Waals surface area contributed by atoms with Gasteiger partial charge in [-0.2, -0.15) is 0 Å². The molecule has 23 heavy (non-hydrogen) atoms. The maximum Gasteiger partial charge on any atom is 0.303 e. The summed E-state index contributed by atoms with van der Waals surface area (Å²) < 4.78 is 7.32. The number of carboxylic acids is 1. The SMILES string of the molecule is Nc1cc(Cl)cc(COc2c(Br)cc(CCC(=O)O)cc2Br)c1. The number of aliphatic carboxylic acids is 1. The Bertz CT molecular complexity index is 694. The number of hydrogen-bond donors (Lipinski definition) is 2. The number of aryl methyl sites for hydroxylation is 1. The van der Waals surface area contributed by atoms with Crippen LogP contribution in [-0.2, 0) is 17.8 Å². The van der Waals surface area contributed by atoms with E-state index in [0.717, 1.165) is 20.1 Å². The Balaban J connectivity index is 2.12. The number of ether oxygens (including phenoxy) is 1. The van der Waals surface area contributed by atoms with E-state index in [1.807, 2.05) is 12.1 Å². The second-order valence-electron chi connectivity index (χ2n) is 4.96. The van der Waals surface area contributed by atoms with E-state index in [0.29, 0.717) is 29.5 Å². The number of halogens is 3. The fourth-order valence-corrected chi connectivity index (χ4v) is 3.84. The molecule has 0 aliphatic carbocycles. The smallest absolute Gasteiger partial charge is 0.303 e. The average molecular weight is 464 g/mol. The Morgan fingerprint density at radius 2 is 1.78 bits per heavy atom. The molecule has 0 radical (unpaired) electrons. The van der Waals surface area contributed by atoms with Gasteiger partial charge in [0.05, 0.1) is 8.95 Å². The topological polar surface area (TPSA) is 72.5 Å². The summed E-state index contributed by atoms with van der Waals surface area (Å²) in [6.07, 6.45) is 0.540. The van der Waals surface area contributed by atoms with Crippen LogP contribution in [0.25, 0.3) is 0 Å². The summed E-state index contributed by atoms with van der Waals surface area (Å²) >= 11 is 12.9. The van der Waals surface area contributed by atoms with Gasteiger partial charge in [0.2, 0.25) is 0 Å². The van der Waals surface area contributed by atoms with Crippen molar-refractivity contribution in [2.75, 3.05) is 5.73 Å². The highest BCUT2D eigenvalue weighted by molar-refractivity contribution is 9.11. The zero-order chi connectivity index (χ0) is 17.0. The summed E-state index contributed by atoms with van der Waals surface area (Å²) in [5, 5.41) is 9.31. The lowest BCUT2D eigenvalue weighted by Crippen LogP contribution is -2.00. The lowest BCUT2D eigenvalue weighted by Gasteiger charge is -2.13. The first-order valence-corrected chi connectivity index (χ1v) is 8.69. The number of carboxylic acid groups (broad SMARTS) is 1. The van der Waals surface area contributed by atoms with Gasteiger partial charge in [-0.05, 0) is 79.7 Å². The van der Waals surface area contributed by atoms with Gasteiger partial charge >= 0.3 is 5.97 Å².